The van der Waals surface area contributed by atoms with Crippen LogP contribution in [0.5, 0.6) is 0 Å². The number of hydrogen-bond donors (Lipinski definition) is 2. The van der Waals surface area contributed by atoms with Gasteiger partial charge in [-0.3, -0.25) is 0 Å². The number of halogens is 8. The fourth-order valence-electron chi connectivity index (χ4n) is 11.6. The van der Waals surface area contributed by atoms with Crippen molar-refractivity contribution < 1.29 is 10.2 Å². The largest absolute Gasteiger partial charge is 0.384 e. The van der Waals surface area contributed by atoms with Gasteiger partial charge in [0.15, 0.2) is 0 Å². The van der Waals surface area contributed by atoms with Gasteiger partial charge in [-0.1, -0.05) is 202 Å². The molecule has 0 aliphatic heterocycles. The molecule has 0 amide bonds. The van der Waals surface area contributed by atoms with E-state index in [0.717, 1.165) is 86.2 Å². The van der Waals surface area contributed by atoms with Crippen molar-refractivity contribution in [3.8, 4) is 22.3 Å². The predicted molar refractivity (Wildman–Crippen MR) is 301 cm³/mol. The third-order valence-electron chi connectivity index (χ3n) is 14.2. The molecule has 2 atom stereocenters. The van der Waals surface area contributed by atoms with Gasteiger partial charge in [0.2, 0.25) is 0 Å². The Morgan fingerprint density at radius 3 is 0.814 bits per heavy atom. The minimum Gasteiger partial charge on any atom is -0.384 e. The second-order valence-electron chi connectivity index (χ2n) is 17.6. The van der Waals surface area contributed by atoms with E-state index in [9.17, 15) is 10.2 Å². The van der Waals surface area contributed by atoms with Crippen molar-refractivity contribution in [2.24, 2.45) is 0 Å². The average molecular weight is 1070 g/mol. The zero-order valence-electron chi connectivity index (χ0n) is 36.1. The molecule has 338 valence electrons. The number of fused-ring (bicyclic) bond motifs is 8. The molecule has 2 nitrogen and oxygen atoms in total. The summed E-state index contributed by atoms with van der Waals surface area (Å²) in [6.07, 6.45) is -2.88. The minimum absolute atomic E-state index is 0.279. The lowest BCUT2D eigenvalue weighted by molar-refractivity contribution is 0.222. The maximum Gasteiger partial charge on any atom is 0.108 e. The Morgan fingerprint density at radius 2 is 0.471 bits per heavy atom. The Balaban J connectivity index is 1.47. The summed E-state index contributed by atoms with van der Waals surface area (Å²) < 4.78 is 0. The molecule has 0 bridgehead atoms. The highest BCUT2D eigenvalue weighted by Gasteiger charge is 2.36. The van der Waals surface area contributed by atoms with E-state index < -0.39 is 12.2 Å². The number of benzene rings is 13. The monoisotopic (exact) mass is 1060 g/mol. The number of hydrogen-bond acceptors (Lipinski definition) is 2. The third-order valence-corrected chi connectivity index (χ3v) is 16.8. The maximum atomic E-state index is 13.6. The summed E-state index contributed by atoms with van der Waals surface area (Å²) in [5.41, 5.74) is 3.97. The van der Waals surface area contributed by atoms with E-state index in [0.29, 0.717) is 64.6 Å². The van der Waals surface area contributed by atoms with Gasteiger partial charge < -0.3 is 10.2 Å². The van der Waals surface area contributed by atoms with Gasteiger partial charge >= 0.3 is 0 Å². The average Bonchev–Trinajstić information content (AvgIpc) is 3.35. The van der Waals surface area contributed by atoms with Crippen molar-refractivity contribution in [3.05, 3.63) is 220 Å². The standard InChI is InChI=1S/C60H30Cl8O2/c61-35-19-7-20-36(62)49(35)47-33-17-5-15-29-27-11-1-3-13-31(27)45-53(43(29)33)56(58(47)60(70)52-41(67)25-10-26-42(52)68)46-32-14-4-2-12-28(32)30-16-6-18-34-44(30)54(46)55(45)57(48(34)50-37(63)21-8-22-38(50)64)59(69)51-39(65)23-9-24-40(51)66/h1-26,59-60,69-70H. The summed E-state index contributed by atoms with van der Waals surface area (Å²) in [6, 6.07) is 50.2. The highest BCUT2D eigenvalue weighted by atomic mass is 35.5. The SMILES string of the molecule is OC(c1c(Cl)cccc1Cl)c1c(-c2c(Cl)cccc2Cl)c2cccc3c4ccccc4c4c5c(C(O)c6c(Cl)cccc6Cl)c(-c6c(Cl)cccc6Cl)c6cccc7c8ccccc8c(c1c4c23)c5c67. The van der Waals surface area contributed by atoms with Gasteiger partial charge in [0, 0.05) is 73.6 Å². The maximum absolute atomic E-state index is 13.6. The van der Waals surface area contributed by atoms with E-state index in [-0.39, 0.29) is 20.1 Å². The summed E-state index contributed by atoms with van der Waals surface area (Å²) >= 11 is 58.0. The lowest BCUT2D eigenvalue weighted by atomic mass is 9.73. The first kappa shape index (κ1) is 44.6. The van der Waals surface area contributed by atoms with E-state index in [2.05, 4.69) is 36.4 Å². The molecule has 0 spiro atoms. The smallest absolute Gasteiger partial charge is 0.108 e. The molecule has 0 fully saturated rings. The molecule has 10 heteroatoms. The molecule has 2 unspecified atom stereocenters. The second kappa shape index (κ2) is 16.6. The lowest BCUT2D eigenvalue weighted by Crippen LogP contribution is -2.10. The summed E-state index contributed by atoms with van der Waals surface area (Å²) in [6.45, 7) is 0. The fourth-order valence-corrected chi connectivity index (χ4v) is 14.0. The molecule has 13 rings (SSSR count). The van der Waals surface area contributed by atoms with Crippen LogP contribution >= 0.6 is 92.8 Å². The van der Waals surface area contributed by atoms with Gasteiger partial charge in [0.05, 0.1) is 0 Å². The van der Waals surface area contributed by atoms with E-state index >= 15 is 0 Å². The first-order chi connectivity index (χ1) is 34.0. The Hall–Kier alpha value is -5.30. The Morgan fingerprint density at radius 1 is 0.214 bits per heavy atom. The fraction of sp³-hybridized carbons (Fsp3) is 0.0333. The first-order valence-corrected chi connectivity index (χ1v) is 25.3. The van der Waals surface area contributed by atoms with E-state index in [4.69, 9.17) is 92.8 Å². The molecule has 0 radical (unpaired) electrons. The molecule has 0 aliphatic carbocycles. The Bertz CT molecular complexity index is 4010. The van der Waals surface area contributed by atoms with Crippen LogP contribution in [0.25, 0.3) is 108 Å². The molecule has 70 heavy (non-hydrogen) atoms. The quantitative estimate of drug-likeness (QED) is 0.129. The van der Waals surface area contributed by atoms with Crippen molar-refractivity contribution in [2.45, 2.75) is 12.2 Å². The topological polar surface area (TPSA) is 40.5 Å². The van der Waals surface area contributed by atoms with Gasteiger partial charge in [-0.05, 0) is 146 Å². The van der Waals surface area contributed by atoms with Crippen LogP contribution in [0.15, 0.2) is 158 Å². The molecule has 2 N–H and O–H groups in total. The summed E-state index contributed by atoms with van der Waals surface area (Å²) in [4.78, 5) is 0. The predicted octanol–water partition coefficient (Wildman–Crippen LogP) is 20.5. The van der Waals surface area contributed by atoms with Crippen LogP contribution in [0.4, 0.5) is 0 Å². The van der Waals surface area contributed by atoms with Crippen LogP contribution in [0.1, 0.15) is 34.5 Å². The minimum atomic E-state index is -1.44. The van der Waals surface area contributed by atoms with Crippen molar-refractivity contribution in [3.63, 3.8) is 0 Å². The molecule has 0 aromatic heterocycles. The van der Waals surface area contributed by atoms with Crippen LogP contribution in [-0.2, 0) is 0 Å². The molecule has 13 aromatic rings. The highest BCUT2D eigenvalue weighted by molar-refractivity contribution is 6.53. The van der Waals surface area contributed by atoms with Gasteiger partial charge in [0.1, 0.15) is 12.2 Å². The summed E-state index contributed by atoms with van der Waals surface area (Å²) in [7, 11) is 0. The number of aliphatic hydroxyl groups excluding tert-OH is 2. The molecule has 0 saturated carbocycles. The van der Waals surface area contributed by atoms with Crippen LogP contribution in [0.2, 0.25) is 40.2 Å². The summed E-state index contributed by atoms with van der Waals surface area (Å²) in [5, 5.41) is 43.6. The highest BCUT2D eigenvalue weighted by Crippen LogP contribution is 2.61. The third kappa shape index (κ3) is 6.17. The zero-order chi connectivity index (χ0) is 48.0. The van der Waals surface area contributed by atoms with Crippen LogP contribution < -0.4 is 0 Å². The molecule has 0 saturated heterocycles. The van der Waals surface area contributed by atoms with Crippen molar-refractivity contribution in [1.29, 1.82) is 0 Å². The first-order valence-electron chi connectivity index (χ1n) is 22.3. The van der Waals surface area contributed by atoms with Crippen molar-refractivity contribution in [2.75, 3.05) is 0 Å². The van der Waals surface area contributed by atoms with E-state index in [1.54, 1.807) is 36.4 Å². The number of aliphatic hydroxyl groups is 2. The van der Waals surface area contributed by atoms with Crippen molar-refractivity contribution in [1.82, 2.24) is 0 Å². The molecular weight excluding hydrogens is 1040 g/mol. The Kier molecular flexibility index (Phi) is 10.6. The molecule has 13 aromatic carbocycles. The van der Waals surface area contributed by atoms with Crippen LogP contribution in [0, 0.1) is 0 Å². The molecule has 0 aliphatic rings. The Labute approximate surface area is 440 Å². The normalized spacial score (nSPS) is 13.2. The zero-order valence-corrected chi connectivity index (χ0v) is 42.1. The number of rotatable bonds is 6. The van der Waals surface area contributed by atoms with E-state index in [1.165, 1.54) is 0 Å². The second-order valence-corrected chi connectivity index (χ2v) is 20.9. The van der Waals surface area contributed by atoms with Crippen LogP contribution in [0.3, 0.4) is 0 Å². The molecule has 0 heterocycles. The van der Waals surface area contributed by atoms with Gasteiger partial charge in [-0.2, -0.15) is 0 Å². The van der Waals surface area contributed by atoms with E-state index in [1.807, 2.05) is 84.9 Å². The summed E-state index contributed by atoms with van der Waals surface area (Å²) in [5.74, 6) is 0. The van der Waals surface area contributed by atoms with Crippen LogP contribution in [-0.4, -0.2) is 10.2 Å². The van der Waals surface area contributed by atoms with Crippen molar-refractivity contribution >= 4 is 179 Å². The van der Waals surface area contributed by atoms with Gasteiger partial charge in [0.25, 0.3) is 0 Å². The lowest BCUT2D eigenvalue weighted by Gasteiger charge is -2.31. The van der Waals surface area contributed by atoms with Gasteiger partial charge in [-0.15, -0.1) is 0 Å². The van der Waals surface area contributed by atoms with Gasteiger partial charge in [-0.25, -0.2) is 0 Å². The molecular formula is C60H30Cl8O2.